The van der Waals surface area contributed by atoms with Gasteiger partial charge >= 0.3 is 0 Å². The number of aromatic nitrogens is 2. The van der Waals surface area contributed by atoms with E-state index in [0.717, 1.165) is 22.6 Å². The lowest BCUT2D eigenvalue weighted by Crippen LogP contribution is -2.14. The molecule has 7 nitrogen and oxygen atoms in total. The first-order valence-electron chi connectivity index (χ1n) is 9.17. The maximum absolute atomic E-state index is 12.5. The third-order valence-corrected chi connectivity index (χ3v) is 4.20. The number of anilines is 3. The summed E-state index contributed by atoms with van der Waals surface area (Å²) in [6.07, 6.45) is 0.220. The number of rotatable bonds is 7. The maximum atomic E-state index is 12.5. The Kier molecular flexibility index (Phi) is 6.29. The van der Waals surface area contributed by atoms with Gasteiger partial charge in [-0.15, -0.1) is 0 Å². The lowest BCUT2D eigenvalue weighted by molar-refractivity contribution is -0.115. The van der Waals surface area contributed by atoms with Crippen LogP contribution in [0.1, 0.15) is 17.0 Å². The number of benzene rings is 2. The second kappa shape index (κ2) is 9.05. The van der Waals surface area contributed by atoms with Crippen molar-refractivity contribution in [3.05, 3.63) is 65.5 Å². The van der Waals surface area contributed by atoms with Crippen molar-refractivity contribution >= 4 is 23.2 Å². The topological polar surface area (TPSA) is 85.4 Å². The van der Waals surface area contributed by atoms with Gasteiger partial charge in [-0.25, -0.2) is 9.97 Å². The van der Waals surface area contributed by atoms with Crippen molar-refractivity contribution in [2.24, 2.45) is 0 Å². The van der Waals surface area contributed by atoms with Crippen LogP contribution in [-0.4, -0.2) is 30.1 Å². The minimum absolute atomic E-state index is 0.128. The molecule has 3 rings (SSSR count). The standard InChI is InChI=1S/C22H24N4O3/c1-14-10-15(2)24-22(23-14)26-18-7-5-6-17(13-18)25-21(27)12-16-8-9-19(28-3)20(11-16)29-4/h5-11,13H,12H2,1-4H3,(H,25,27)(H,23,24,26). The number of methoxy groups -OCH3 is 2. The third kappa shape index (κ3) is 5.44. The number of ether oxygens (including phenoxy) is 2. The number of nitrogens with one attached hydrogen (secondary N) is 2. The van der Waals surface area contributed by atoms with E-state index >= 15 is 0 Å². The number of nitrogens with zero attached hydrogens (tertiary/aromatic N) is 2. The zero-order valence-corrected chi connectivity index (χ0v) is 16.9. The smallest absolute Gasteiger partial charge is 0.228 e. The van der Waals surface area contributed by atoms with Crippen LogP contribution < -0.4 is 20.1 Å². The van der Waals surface area contributed by atoms with E-state index in [1.54, 1.807) is 26.4 Å². The quantitative estimate of drug-likeness (QED) is 0.631. The highest BCUT2D eigenvalue weighted by Crippen LogP contribution is 2.28. The van der Waals surface area contributed by atoms with Gasteiger partial charge in [-0.1, -0.05) is 12.1 Å². The van der Waals surface area contributed by atoms with Gasteiger partial charge in [-0.2, -0.15) is 0 Å². The number of carbonyl (C=O) groups excluding carboxylic acids is 1. The summed E-state index contributed by atoms with van der Waals surface area (Å²) in [6, 6.07) is 14.8. The van der Waals surface area contributed by atoms with E-state index in [4.69, 9.17) is 9.47 Å². The van der Waals surface area contributed by atoms with Crippen molar-refractivity contribution in [2.75, 3.05) is 24.9 Å². The molecule has 0 radical (unpaired) electrons. The molecule has 0 aliphatic rings. The Morgan fingerprint density at radius 2 is 1.59 bits per heavy atom. The molecule has 29 heavy (non-hydrogen) atoms. The van der Waals surface area contributed by atoms with Crippen LogP contribution in [0.4, 0.5) is 17.3 Å². The molecular formula is C22H24N4O3. The van der Waals surface area contributed by atoms with Crippen LogP contribution in [0.25, 0.3) is 0 Å². The number of hydrogen-bond acceptors (Lipinski definition) is 6. The van der Waals surface area contributed by atoms with Gasteiger partial charge in [0.05, 0.1) is 20.6 Å². The molecule has 0 aliphatic heterocycles. The molecule has 0 unspecified atom stereocenters. The summed E-state index contributed by atoms with van der Waals surface area (Å²) in [5.74, 6) is 1.62. The first-order chi connectivity index (χ1) is 14.0. The van der Waals surface area contributed by atoms with Gasteiger partial charge in [0.2, 0.25) is 11.9 Å². The minimum Gasteiger partial charge on any atom is -0.493 e. The van der Waals surface area contributed by atoms with Crippen LogP contribution in [0.5, 0.6) is 11.5 Å². The molecule has 0 atom stereocenters. The van der Waals surface area contributed by atoms with Crippen molar-refractivity contribution in [3.8, 4) is 11.5 Å². The van der Waals surface area contributed by atoms with Crippen LogP contribution in [0, 0.1) is 13.8 Å². The fraction of sp³-hybridized carbons (Fsp3) is 0.227. The average molecular weight is 392 g/mol. The zero-order valence-electron chi connectivity index (χ0n) is 16.9. The molecule has 2 N–H and O–H groups in total. The van der Waals surface area contributed by atoms with Crippen molar-refractivity contribution in [1.82, 2.24) is 9.97 Å². The van der Waals surface area contributed by atoms with E-state index in [0.29, 0.717) is 23.1 Å². The monoisotopic (exact) mass is 392 g/mol. The molecule has 150 valence electrons. The summed E-state index contributed by atoms with van der Waals surface area (Å²) in [4.78, 5) is 21.2. The Labute approximate surface area is 170 Å². The van der Waals surface area contributed by atoms with Gasteiger partial charge in [0.15, 0.2) is 11.5 Å². The summed E-state index contributed by atoms with van der Waals surface area (Å²) in [6.45, 7) is 3.84. The first-order valence-corrected chi connectivity index (χ1v) is 9.17. The van der Waals surface area contributed by atoms with Gasteiger partial charge in [-0.05, 0) is 55.8 Å². The molecule has 1 heterocycles. The van der Waals surface area contributed by atoms with E-state index in [1.807, 2.05) is 50.2 Å². The summed E-state index contributed by atoms with van der Waals surface area (Å²) < 4.78 is 10.5. The number of carbonyl (C=O) groups is 1. The van der Waals surface area contributed by atoms with E-state index in [-0.39, 0.29) is 12.3 Å². The normalized spacial score (nSPS) is 10.3. The molecule has 2 aromatic carbocycles. The van der Waals surface area contributed by atoms with Crippen molar-refractivity contribution < 1.29 is 14.3 Å². The molecule has 0 saturated carbocycles. The molecule has 0 bridgehead atoms. The minimum atomic E-state index is -0.128. The van der Waals surface area contributed by atoms with E-state index in [2.05, 4.69) is 20.6 Å². The highest BCUT2D eigenvalue weighted by Gasteiger charge is 2.09. The number of aryl methyl sites for hydroxylation is 2. The molecule has 0 fully saturated rings. The van der Waals surface area contributed by atoms with Crippen LogP contribution >= 0.6 is 0 Å². The number of hydrogen-bond donors (Lipinski definition) is 2. The van der Waals surface area contributed by atoms with Crippen LogP contribution in [0.2, 0.25) is 0 Å². The van der Waals surface area contributed by atoms with Gasteiger partial charge in [-0.3, -0.25) is 4.79 Å². The Balaban J connectivity index is 1.67. The number of amides is 1. The lowest BCUT2D eigenvalue weighted by Gasteiger charge is -2.11. The summed E-state index contributed by atoms with van der Waals surface area (Å²) >= 11 is 0. The predicted octanol–water partition coefficient (Wildman–Crippen LogP) is 4.04. The molecule has 7 heteroatoms. The molecule has 3 aromatic rings. The second-order valence-corrected chi connectivity index (χ2v) is 6.59. The van der Waals surface area contributed by atoms with Crippen LogP contribution in [0.3, 0.4) is 0 Å². The van der Waals surface area contributed by atoms with Gasteiger partial charge < -0.3 is 20.1 Å². The second-order valence-electron chi connectivity index (χ2n) is 6.59. The largest absolute Gasteiger partial charge is 0.493 e. The van der Waals surface area contributed by atoms with Gasteiger partial charge in [0.25, 0.3) is 0 Å². The van der Waals surface area contributed by atoms with E-state index in [1.165, 1.54) is 0 Å². The lowest BCUT2D eigenvalue weighted by atomic mass is 10.1. The molecule has 1 aromatic heterocycles. The maximum Gasteiger partial charge on any atom is 0.228 e. The highest BCUT2D eigenvalue weighted by atomic mass is 16.5. The third-order valence-electron chi connectivity index (χ3n) is 4.20. The molecular weight excluding hydrogens is 368 g/mol. The van der Waals surface area contributed by atoms with Gasteiger partial charge in [0.1, 0.15) is 0 Å². The average Bonchev–Trinajstić information content (AvgIpc) is 2.67. The first kappa shape index (κ1) is 20.1. The van der Waals surface area contributed by atoms with Crippen molar-refractivity contribution in [2.45, 2.75) is 20.3 Å². The molecule has 1 amide bonds. The van der Waals surface area contributed by atoms with Crippen LogP contribution in [0.15, 0.2) is 48.5 Å². The van der Waals surface area contributed by atoms with E-state index in [9.17, 15) is 4.79 Å². The summed E-state index contributed by atoms with van der Waals surface area (Å²) in [7, 11) is 3.15. The predicted molar refractivity (Wildman–Crippen MR) is 113 cm³/mol. The summed E-state index contributed by atoms with van der Waals surface area (Å²) in [5.41, 5.74) is 4.08. The Hall–Kier alpha value is -3.61. The van der Waals surface area contributed by atoms with Crippen molar-refractivity contribution in [1.29, 1.82) is 0 Å². The SMILES string of the molecule is COc1ccc(CC(=O)Nc2cccc(Nc3nc(C)cc(C)n3)c2)cc1OC. The van der Waals surface area contributed by atoms with Gasteiger partial charge in [0, 0.05) is 22.8 Å². The highest BCUT2D eigenvalue weighted by molar-refractivity contribution is 5.92. The van der Waals surface area contributed by atoms with E-state index < -0.39 is 0 Å². The Morgan fingerprint density at radius 3 is 2.28 bits per heavy atom. The zero-order chi connectivity index (χ0) is 20.8. The fourth-order valence-corrected chi connectivity index (χ4v) is 2.97. The molecule has 0 spiro atoms. The van der Waals surface area contributed by atoms with Crippen molar-refractivity contribution in [3.63, 3.8) is 0 Å². The summed E-state index contributed by atoms with van der Waals surface area (Å²) in [5, 5.41) is 6.09. The Bertz CT molecular complexity index is 1000. The van der Waals surface area contributed by atoms with Crippen LogP contribution in [-0.2, 0) is 11.2 Å². The fourth-order valence-electron chi connectivity index (χ4n) is 2.97. The Morgan fingerprint density at radius 1 is 0.897 bits per heavy atom. The molecule has 0 aliphatic carbocycles. The molecule has 0 saturated heterocycles.